The molecule has 6 heteroatoms. The summed E-state index contributed by atoms with van der Waals surface area (Å²) in [5, 5.41) is 12.0. The van der Waals surface area contributed by atoms with E-state index in [4.69, 9.17) is 5.11 Å². The zero-order valence-corrected chi connectivity index (χ0v) is 12.0. The van der Waals surface area contributed by atoms with Gasteiger partial charge in [-0.05, 0) is 35.7 Å². The molecule has 0 fully saturated rings. The maximum atomic E-state index is 11.2. The fourth-order valence-corrected chi connectivity index (χ4v) is 2.70. The van der Waals surface area contributed by atoms with Gasteiger partial charge in [0.2, 0.25) is 0 Å². The minimum atomic E-state index is -1.05. The molecule has 0 saturated carbocycles. The molecule has 0 bridgehead atoms. The number of fused-ring (bicyclic) bond motifs is 1. The van der Waals surface area contributed by atoms with Crippen molar-refractivity contribution in [1.82, 2.24) is 15.0 Å². The number of aromatic nitrogens is 3. The number of aromatic carboxylic acids is 1. The molecule has 0 aliphatic carbocycles. The molecule has 1 aromatic carbocycles. The second-order valence-corrected chi connectivity index (χ2v) is 5.44. The topological polar surface area (TPSA) is 76.0 Å². The van der Waals surface area contributed by atoms with E-state index in [-0.39, 0.29) is 5.69 Å². The first kappa shape index (κ1) is 13.5. The molecule has 0 radical (unpaired) electrons. The van der Waals surface area contributed by atoms with Gasteiger partial charge in [0, 0.05) is 17.8 Å². The standard InChI is InChI=1S/C15H11N3O2S/c1-9-7-16-15(17-8-9)21-13-11-5-3-2-4-10(11)6-12(18-13)14(19)20/h2-8H,1H3,(H,19,20). The lowest BCUT2D eigenvalue weighted by Crippen LogP contribution is -2.01. The Balaban J connectivity index is 2.11. The third-order valence-corrected chi connectivity index (χ3v) is 3.77. The SMILES string of the molecule is Cc1cnc(Sc2nc(C(=O)O)cc3ccccc23)nc1. The Bertz CT molecular complexity index is 819. The van der Waals surface area contributed by atoms with Crippen LogP contribution in [0.15, 0.2) is 52.9 Å². The number of aryl methyl sites for hydroxylation is 1. The van der Waals surface area contributed by atoms with Gasteiger partial charge in [0.1, 0.15) is 10.7 Å². The Morgan fingerprint density at radius 3 is 2.62 bits per heavy atom. The van der Waals surface area contributed by atoms with Crippen LogP contribution in [0.4, 0.5) is 0 Å². The number of rotatable bonds is 3. The lowest BCUT2D eigenvalue weighted by Gasteiger charge is -2.06. The van der Waals surface area contributed by atoms with E-state index < -0.39 is 5.97 Å². The summed E-state index contributed by atoms with van der Waals surface area (Å²) >= 11 is 1.26. The monoisotopic (exact) mass is 297 g/mol. The predicted octanol–water partition coefficient (Wildman–Crippen LogP) is 3.18. The van der Waals surface area contributed by atoms with Crippen LogP contribution in [-0.4, -0.2) is 26.0 Å². The predicted molar refractivity (Wildman–Crippen MR) is 79.6 cm³/mol. The second kappa shape index (κ2) is 5.49. The minimum Gasteiger partial charge on any atom is -0.477 e. The molecule has 0 aliphatic rings. The van der Waals surface area contributed by atoms with Gasteiger partial charge in [-0.25, -0.2) is 19.7 Å². The molecule has 0 aliphatic heterocycles. The van der Waals surface area contributed by atoms with Gasteiger partial charge in [-0.2, -0.15) is 0 Å². The largest absolute Gasteiger partial charge is 0.477 e. The Labute approximate surface area is 125 Å². The third-order valence-electron chi connectivity index (χ3n) is 2.87. The van der Waals surface area contributed by atoms with Crippen molar-refractivity contribution in [1.29, 1.82) is 0 Å². The molecule has 5 nitrogen and oxygen atoms in total. The second-order valence-electron chi connectivity index (χ2n) is 4.48. The van der Waals surface area contributed by atoms with Gasteiger partial charge in [0.25, 0.3) is 0 Å². The van der Waals surface area contributed by atoms with Crippen LogP contribution < -0.4 is 0 Å². The van der Waals surface area contributed by atoms with Crippen LogP contribution in [0, 0.1) is 6.92 Å². The van der Waals surface area contributed by atoms with Crippen LogP contribution >= 0.6 is 11.8 Å². The molecular weight excluding hydrogens is 286 g/mol. The minimum absolute atomic E-state index is 0.0170. The van der Waals surface area contributed by atoms with Crippen molar-refractivity contribution >= 4 is 28.5 Å². The molecule has 2 aromatic heterocycles. The molecule has 3 rings (SSSR count). The van der Waals surface area contributed by atoms with E-state index in [1.54, 1.807) is 18.5 Å². The highest BCUT2D eigenvalue weighted by Crippen LogP contribution is 2.30. The van der Waals surface area contributed by atoms with E-state index in [1.165, 1.54) is 11.8 Å². The molecule has 21 heavy (non-hydrogen) atoms. The van der Waals surface area contributed by atoms with Crippen LogP contribution in [0.3, 0.4) is 0 Å². The summed E-state index contributed by atoms with van der Waals surface area (Å²) in [4.78, 5) is 23.8. The molecule has 0 saturated heterocycles. The van der Waals surface area contributed by atoms with Crippen molar-refractivity contribution in [3.05, 3.63) is 54.0 Å². The first-order valence-electron chi connectivity index (χ1n) is 6.23. The van der Waals surface area contributed by atoms with Crippen molar-refractivity contribution in [3.8, 4) is 0 Å². The Kier molecular flexibility index (Phi) is 3.53. The molecule has 104 valence electrons. The maximum absolute atomic E-state index is 11.2. The van der Waals surface area contributed by atoms with Gasteiger partial charge < -0.3 is 5.11 Å². The molecule has 0 unspecified atom stereocenters. The number of carboxylic acid groups (broad SMARTS) is 1. The highest BCUT2D eigenvalue weighted by atomic mass is 32.2. The highest BCUT2D eigenvalue weighted by Gasteiger charge is 2.12. The number of nitrogens with zero attached hydrogens (tertiary/aromatic N) is 3. The smallest absolute Gasteiger partial charge is 0.354 e. The summed E-state index contributed by atoms with van der Waals surface area (Å²) in [6.45, 7) is 1.91. The number of hydrogen-bond donors (Lipinski definition) is 1. The molecule has 2 heterocycles. The number of carboxylic acids is 1. The highest BCUT2D eigenvalue weighted by molar-refractivity contribution is 7.99. The van der Waals surface area contributed by atoms with Gasteiger partial charge in [0.05, 0.1) is 0 Å². The van der Waals surface area contributed by atoms with E-state index in [2.05, 4.69) is 15.0 Å². The zero-order chi connectivity index (χ0) is 14.8. The summed E-state index contributed by atoms with van der Waals surface area (Å²) in [7, 11) is 0. The molecule has 1 N–H and O–H groups in total. The van der Waals surface area contributed by atoms with Gasteiger partial charge in [-0.3, -0.25) is 0 Å². The van der Waals surface area contributed by atoms with E-state index >= 15 is 0 Å². The Morgan fingerprint density at radius 2 is 1.90 bits per heavy atom. The summed E-state index contributed by atoms with van der Waals surface area (Å²) in [6.07, 6.45) is 3.44. The van der Waals surface area contributed by atoms with E-state index in [0.717, 1.165) is 16.3 Å². The van der Waals surface area contributed by atoms with E-state index in [1.807, 2.05) is 31.2 Å². The van der Waals surface area contributed by atoms with Crippen LogP contribution in [0.2, 0.25) is 0 Å². The van der Waals surface area contributed by atoms with Crippen LogP contribution in [0.25, 0.3) is 10.8 Å². The van der Waals surface area contributed by atoms with Crippen molar-refractivity contribution in [2.45, 2.75) is 17.1 Å². The van der Waals surface area contributed by atoms with Gasteiger partial charge in [-0.15, -0.1) is 0 Å². The normalized spacial score (nSPS) is 10.7. The number of benzene rings is 1. The summed E-state index contributed by atoms with van der Waals surface area (Å²) in [6, 6.07) is 9.10. The quantitative estimate of drug-likeness (QED) is 0.748. The average Bonchev–Trinajstić information content (AvgIpc) is 2.49. The summed E-state index contributed by atoms with van der Waals surface area (Å²) in [5.41, 5.74) is 0.986. The first-order chi connectivity index (χ1) is 10.1. The third kappa shape index (κ3) is 2.85. The van der Waals surface area contributed by atoms with Crippen molar-refractivity contribution in [2.75, 3.05) is 0 Å². The van der Waals surface area contributed by atoms with Crippen molar-refractivity contribution in [3.63, 3.8) is 0 Å². The van der Waals surface area contributed by atoms with Crippen LogP contribution in [-0.2, 0) is 0 Å². The van der Waals surface area contributed by atoms with Gasteiger partial charge in [-0.1, -0.05) is 24.3 Å². The summed E-state index contributed by atoms with van der Waals surface area (Å²) in [5.74, 6) is -1.05. The van der Waals surface area contributed by atoms with Gasteiger partial charge in [0.15, 0.2) is 5.16 Å². The molecular formula is C15H11N3O2S. The fourth-order valence-electron chi connectivity index (χ4n) is 1.87. The van der Waals surface area contributed by atoms with Crippen molar-refractivity contribution in [2.24, 2.45) is 0 Å². The number of pyridine rings is 1. The molecule has 0 amide bonds. The van der Waals surface area contributed by atoms with Crippen LogP contribution in [0.1, 0.15) is 16.1 Å². The van der Waals surface area contributed by atoms with E-state index in [9.17, 15) is 4.79 Å². The number of hydrogen-bond acceptors (Lipinski definition) is 5. The Hall–Kier alpha value is -2.47. The number of carbonyl (C=O) groups is 1. The summed E-state index contributed by atoms with van der Waals surface area (Å²) < 4.78 is 0. The molecule has 3 aromatic rings. The average molecular weight is 297 g/mol. The maximum Gasteiger partial charge on any atom is 0.354 e. The molecule has 0 spiro atoms. The van der Waals surface area contributed by atoms with Crippen LogP contribution in [0.5, 0.6) is 0 Å². The van der Waals surface area contributed by atoms with E-state index in [0.29, 0.717) is 10.2 Å². The Morgan fingerprint density at radius 1 is 1.19 bits per heavy atom. The van der Waals surface area contributed by atoms with Crippen molar-refractivity contribution < 1.29 is 9.90 Å². The zero-order valence-electron chi connectivity index (χ0n) is 11.1. The lowest BCUT2D eigenvalue weighted by molar-refractivity contribution is 0.0690. The first-order valence-corrected chi connectivity index (χ1v) is 7.05. The molecule has 0 atom stereocenters. The fraction of sp³-hybridized carbons (Fsp3) is 0.0667. The van der Waals surface area contributed by atoms with Gasteiger partial charge >= 0.3 is 5.97 Å². The lowest BCUT2D eigenvalue weighted by atomic mass is 10.1.